The Hall–Kier alpha value is -1.34. The van der Waals surface area contributed by atoms with Crippen molar-refractivity contribution in [3.05, 3.63) is 77.7 Å². The van der Waals surface area contributed by atoms with E-state index in [-0.39, 0.29) is 0 Å². The van der Waals surface area contributed by atoms with Crippen LogP contribution in [0.2, 0.25) is 0 Å². The maximum absolute atomic E-state index is 3.69. The average molecular weight is 270 g/mol. The van der Waals surface area contributed by atoms with Crippen LogP contribution in [0.25, 0.3) is 10.1 Å². The number of fused-ring (bicyclic) bond motifs is 1. The molecule has 0 bridgehead atoms. The summed E-state index contributed by atoms with van der Waals surface area (Å²) in [6.45, 7) is 0. The highest BCUT2D eigenvalue weighted by atomic mass is 79.9. The molecule has 1 heteroatoms. The first-order valence-corrected chi connectivity index (χ1v) is 6.05. The average Bonchev–Trinajstić information content (AvgIpc) is 2.69. The topological polar surface area (TPSA) is 0 Å². The van der Waals surface area contributed by atoms with Crippen LogP contribution in [0, 0.1) is 6.42 Å². The maximum atomic E-state index is 3.69. The van der Waals surface area contributed by atoms with Crippen LogP contribution < -0.4 is 0 Å². The lowest BCUT2D eigenvalue weighted by molar-refractivity contribution is 1.53. The van der Waals surface area contributed by atoms with Gasteiger partial charge in [-0.25, -0.2) is 0 Å². The van der Waals surface area contributed by atoms with Crippen LogP contribution in [0.4, 0.5) is 0 Å². The van der Waals surface area contributed by atoms with Gasteiger partial charge >= 0.3 is 0 Å². The van der Waals surface area contributed by atoms with Crippen molar-refractivity contribution in [2.24, 2.45) is 0 Å². The molecule has 0 heterocycles. The van der Waals surface area contributed by atoms with Crippen molar-refractivity contribution >= 4 is 26.0 Å². The molecule has 0 nitrogen and oxygen atoms in total. The molecule has 1 aliphatic rings. The van der Waals surface area contributed by atoms with Gasteiger partial charge in [-0.2, -0.15) is 0 Å². The Balaban J connectivity index is 2.11. The minimum atomic E-state index is 1.19. The lowest BCUT2D eigenvalue weighted by Crippen LogP contribution is -1.81. The van der Waals surface area contributed by atoms with E-state index in [4.69, 9.17) is 0 Å². The largest absolute Gasteiger partial charge is 0.0622 e. The second-order valence-corrected chi connectivity index (χ2v) is 4.62. The van der Waals surface area contributed by atoms with Gasteiger partial charge in [0, 0.05) is 10.9 Å². The van der Waals surface area contributed by atoms with Gasteiger partial charge in [-0.1, -0.05) is 54.6 Å². The van der Waals surface area contributed by atoms with Crippen LogP contribution in [0.3, 0.4) is 0 Å². The van der Waals surface area contributed by atoms with E-state index in [1.165, 1.54) is 26.7 Å². The Labute approximate surface area is 104 Å². The Morgan fingerprint density at radius 3 is 2.19 bits per heavy atom. The number of rotatable bonds is 1. The summed E-state index contributed by atoms with van der Waals surface area (Å²) < 4.78 is 1.19. The lowest BCUT2D eigenvalue weighted by Gasteiger charge is -2.01. The quantitative estimate of drug-likeness (QED) is 0.714. The minimum Gasteiger partial charge on any atom is -0.0622 e. The van der Waals surface area contributed by atoms with E-state index in [0.717, 1.165) is 0 Å². The summed E-state index contributed by atoms with van der Waals surface area (Å²) >= 11 is 3.69. The number of benzene rings is 2. The second kappa shape index (κ2) is 3.91. The summed E-state index contributed by atoms with van der Waals surface area (Å²) in [6.07, 6.45) is 2.23. The van der Waals surface area contributed by atoms with E-state index < -0.39 is 0 Å². The van der Waals surface area contributed by atoms with Crippen molar-refractivity contribution in [2.45, 2.75) is 0 Å². The maximum Gasteiger partial charge on any atom is 0.0295 e. The molecule has 0 saturated heterocycles. The highest BCUT2D eigenvalue weighted by Crippen LogP contribution is 2.42. The third-order valence-corrected chi connectivity index (χ3v) is 3.67. The number of allylic oxidation sites excluding steroid dienone is 1. The van der Waals surface area contributed by atoms with Crippen molar-refractivity contribution < 1.29 is 0 Å². The van der Waals surface area contributed by atoms with Gasteiger partial charge in [0.05, 0.1) is 0 Å². The molecule has 0 aromatic heterocycles. The van der Waals surface area contributed by atoms with Crippen molar-refractivity contribution in [3.8, 4) is 0 Å². The highest BCUT2D eigenvalue weighted by Gasteiger charge is 2.20. The van der Waals surface area contributed by atoms with Gasteiger partial charge in [0.25, 0.3) is 0 Å². The molecule has 0 atom stereocenters. The fraction of sp³-hybridized carbons (Fsp3) is 0. The van der Waals surface area contributed by atoms with Gasteiger partial charge in [-0.05, 0) is 38.2 Å². The van der Waals surface area contributed by atoms with Gasteiger partial charge in [-0.15, -0.1) is 0 Å². The molecule has 0 unspecified atom stereocenters. The van der Waals surface area contributed by atoms with E-state index in [2.05, 4.69) is 70.9 Å². The zero-order valence-electron chi connectivity index (χ0n) is 8.65. The number of hydrogen-bond donors (Lipinski definition) is 0. The molecule has 0 spiro atoms. The van der Waals surface area contributed by atoms with Crippen LogP contribution in [0.1, 0.15) is 16.7 Å². The minimum absolute atomic E-state index is 1.19. The van der Waals surface area contributed by atoms with Crippen LogP contribution >= 0.6 is 15.9 Å². The van der Waals surface area contributed by atoms with Gasteiger partial charge in [0.2, 0.25) is 0 Å². The van der Waals surface area contributed by atoms with E-state index in [9.17, 15) is 0 Å². The molecule has 3 rings (SSSR count). The monoisotopic (exact) mass is 269 g/mol. The Kier molecular flexibility index (Phi) is 2.41. The molecule has 2 aromatic rings. The molecule has 0 aliphatic heterocycles. The van der Waals surface area contributed by atoms with Crippen LogP contribution in [0.5, 0.6) is 0 Å². The fourth-order valence-corrected chi connectivity index (χ4v) is 2.72. The summed E-state index contributed by atoms with van der Waals surface area (Å²) in [7, 11) is 0. The lowest BCUT2D eigenvalue weighted by atomic mass is 10.0. The zero-order valence-corrected chi connectivity index (χ0v) is 10.2. The molecular weight excluding hydrogens is 260 g/mol. The summed E-state index contributed by atoms with van der Waals surface area (Å²) in [6, 6.07) is 18.9. The van der Waals surface area contributed by atoms with Crippen molar-refractivity contribution in [1.82, 2.24) is 0 Å². The zero-order chi connectivity index (χ0) is 11.0. The SMILES string of the molecule is BrC1=C(c2ccccc2)[CH]c2ccccc21. The van der Waals surface area contributed by atoms with E-state index in [1.807, 2.05) is 6.07 Å². The summed E-state index contributed by atoms with van der Waals surface area (Å²) in [4.78, 5) is 0. The Morgan fingerprint density at radius 2 is 1.44 bits per heavy atom. The number of halogens is 1. The highest BCUT2D eigenvalue weighted by molar-refractivity contribution is 9.15. The third-order valence-electron chi connectivity index (χ3n) is 2.82. The molecule has 1 aliphatic carbocycles. The first-order valence-electron chi connectivity index (χ1n) is 5.25. The molecule has 0 N–H and O–H groups in total. The standard InChI is InChI=1S/C15H10Br/c16-15-13-9-5-4-8-12(13)10-14(15)11-6-2-1-3-7-11/h1-10H. The molecule has 0 saturated carbocycles. The smallest absolute Gasteiger partial charge is 0.0295 e. The van der Waals surface area contributed by atoms with Crippen LogP contribution in [-0.4, -0.2) is 0 Å². The molecule has 0 amide bonds. The molecule has 16 heavy (non-hydrogen) atoms. The Bertz CT molecular complexity index is 553. The van der Waals surface area contributed by atoms with E-state index in [1.54, 1.807) is 0 Å². The molecule has 77 valence electrons. The second-order valence-electron chi connectivity index (χ2n) is 3.83. The van der Waals surface area contributed by atoms with Gasteiger partial charge in [0.1, 0.15) is 0 Å². The third kappa shape index (κ3) is 1.52. The summed E-state index contributed by atoms with van der Waals surface area (Å²) in [5.74, 6) is 0. The predicted octanol–water partition coefficient (Wildman–Crippen LogP) is 4.52. The molecule has 2 aromatic carbocycles. The van der Waals surface area contributed by atoms with Gasteiger partial charge < -0.3 is 0 Å². The first-order chi connectivity index (χ1) is 7.86. The summed E-state index contributed by atoms with van der Waals surface area (Å²) in [5.41, 5.74) is 5.09. The molecule has 0 fully saturated rings. The number of hydrogen-bond acceptors (Lipinski definition) is 0. The van der Waals surface area contributed by atoms with Gasteiger partial charge in [0.15, 0.2) is 0 Å². The van der Waals surface area contributed by atoms with Crippen LogP contribution in [0.15, 0.2) is 54.6 Å². The first kappa shape index (κ1) is 9.86. The van der Waals surface area contributed by atoms with Crippen molar-refractivity contribution in [1.29, 1.82) is 0 Å². The normalized spacial score (nSPS) is 14.1. The predicted molar refractivity (Wildman–Crippen MR) is 72.0 cm³/mol. The van der Waals surface area contributed by atoms with Gasteiger partial charge in [-0.3, -0.25) is 0 Å². The summed E-state index contributed by atoms with van der Waals surface area (Å²) in [5, 5.41) is 0. The fourth-order valence-electron chi connectivity index (χ4n) is 2.01. The van der Waals surface area contributed by atoms with Crippen molar-refractivity contribution in [2.75, 3.05) is 0 Å². The van der Waals surface area contributed by atoms with Crippen LogP contribution in [-0.2, 0) is 0 Å². The molecular formula is C15H10Br. The van der Waals surface area contributed by atoms with Crippen molar-refractivity contribution in [3.63, 3.8) is 0 Å². The van der Waals surface area contributed by atoms with E-state index >= 15 is 0 Å². The van der Waals surface area contributed by atoms with E-state index in [0.29, 0.717) is 0 Å². The molecule has 1 radical (unpaired) electrons. The Morgan fingerprint density at radius 1 is 0.750 bits per heavy atom.